The Bertz CT molecular complexity index is 638. The summed E-state index contributed by atoms with van der Waals surface area (Å²) in [6.07, 6.45) is 4.69. The second kappa shape index (κ2) is 7.67. The largest absolute Gasteiger partial charge is 0.340 e. The lowest BCUT2D eigenvalue weighted by atomic mass is 10.2. The number of hydrogen-bond donors (Lipinski definition) is 0. The summed E-state index contributed by atoms with van der Waals surface area (Å²) in [7, 11) is 1.42. The normalized spacial score (nSPS) is 19.0. The lowest BCUT2D eigenvalue weighted by Crippen LogP contribution is -2.42. The predicted octanol–water partition coefficient (Wildman–Crippen LogP) is 0.681. The molecule has 0 N–H and O–H groups in total. The van der Waals surface area contributed by atoms with E-state index in [-0.39, 0.29) is 18.0 Å². The van der Waals surface area contributed by atoms with Crippen molar-refractivity contribution in [3.63, 3.8) is 0 Å². The van der Waals surface area contributed by atoms with Gasteiger partial charge in [-0.3, -0.25) is 18.7 Å². The summed E-state index contributed by atoms with van der Waals surface area (Å²) in [5.74, 6) is 0.997. The minimum atomic E-state index is -0.449. The molecule has 1 aromatic heterocycles. The van der Waals surface area contributed by atoms with Gasteiger partial charge in [0, 0.05) is 37.7 Å². The monoisotopic (exact) mass is 325 g/mol. The average molecular weight is 325 g/mol. The van der Waals surface area contributed by atoms with Crippen LogP contribution in [0.25, 0.3) is 0 Å². The Morgan fingerprint density at radius 3 is 2.86 bits per heavy atom. The van der Waals surface area contributed by atoms with E-state index in [2.05, 4.69) is 6.92 Å². The molecule has 0 radical (unpaired) electrons. The molecule has 0 aliphatic carbocycles. The molecule has 1 amide bonds. The molecule has 2 rings (SSSR count). The number of carbonyl (C=O) groups is 1. The molecule has 0 spiro atoms. The number of aromatic nitrogens is 2. The van der Waals surface area contributed by atoms with E-state index >= 15 is 0 Å². The summed E-state index contributed by atoms with van der Waals surface area (Å²) in [6, 6.07) is 1.31. The molecular formula is C15H23N3O3S. The van der Waals surface area contributed by atoms with Gasteiger partial charge in [0.1, 0.15) is 6.54 Å². The second-order valence-electron chi connectivity index (χ2n) is 5.54. The van der Waals surface area contributed by atoms with Crippen LogP contribution < -0.4 is 11.2 Å². The van der Waals surface area contributed by atoms with Crippen molar-refractivity contribution in [1.82, 2.24) is 14.0 Å². The number of thioether (sulfide) groups is 1. The van der Waals surface area contributed by atoms with Crippen LogP contribution in [0.5, 0.6) is 0 Å². The lowest BCUT2D eigenvalue weighted by Gasteiger charge is -2.24. The highest BCUT2D eigenvalue weighted by molar-refractivity contribution is 7.99. The maximum absolute atomic E-state index is 12.5. The minimum absolute atomic E-state index is 0.00351. The van der Waals surface area contributed by atoms with Crippen LogP contribution in [0, 0.1) is 0 Å². The molecule has 1 aliphatic heterocycles. The van der Waals surface area contributed by atoms with Crippen molar-refractivity contribution in [1.29, 1.82) is 0 Å². The van der Waals surface area contributed by atoms with Gasteiger partial charge in [-0.2, -0.15) is 11.8 Å². The van der Waals surface area contributed by atoms with Crippen molar-refractivity contribution in [2.45, 2.75) is 38.0 Å². The molecule has 22 heavy (non-hydrogen) atoms. The number of likely N-dealkylation sites (tertiary alicyclic amines) is 1. The first-order valence-corrected chi connectivity index (χ1v) is 8.73. The van der Waals surface area contributed by atoms with Gasteiger partial charge < -0.3 is 4.90 Å². The molecule has 2 heterocycles. The van der Waals surface area contributed by atoms with Crippen LogP contribution in [-0.2, 0) is 18.4 Å². The first-order chi connectivity index (χ1) is 10.5. The van der Waals surface area contributed by atoms with Crippen molar-refractivity contribution in [3.05, 3.63) is 33.1 Å². The number of carbonyl (C=O) groups excluding carboxylic acids is 1. The van der Waals surface area contributed by atoms with Gasteiger partial charge in [0.2, 0.25) is 5.91 Å². The van der Waals surface area contributed by atoms with Gasteiger partial charge in [-0.1, -0.05) is 13.3 Å². The summed E-state index contributed by atoms with van der Waals surface area (Å²) in [5, 5.41) is 0.480. The molecule has 1 fully saturated rings. The molecule has 1 atom stereocenters. The van der Waals surface area contributed by atoms with Gasteiger partial charge in [-0.05, 0) is 18.6 Å². The molecule has 1 unspecified atom stereocenters. The van der Waals surface area contributed by atoms with E-state index in [1.54, 1.807) is 0 Å². The zero-order chi connectivity index (χ0) is 16.1. The molecule has 1 saturated heterocycles. The molecule has 0 aromatic carbocycles. The van der Waals surface area contributed by atoms with E-state index in [1.165, 1.54) is 23.9 Å². The van der Waals surface area contributed by atoms with Gasteiger partial charge in [-0.15, -0.1) is 0 Å². The molecule has 122 valence electrons. The van der Waals surface area contributed by atoms with E-state index in [9.17, 15) is 14.4 Å². The van der Waals surface area contributed by atoms with Crippen LogP contribution >= 0.6 is 11.8 Å². The highest BCUT2D eigenvalue weighted by Gasteiger charge is 2.22. The fraction of sp³-hybridized carbons (Fsp3) is 0.667. The highest BCUT2D eigenvalue weighted by Crippen LogP contribution is 2.22. The van der Waals surface area contributed by atoms with Crippen LogP contribution in [0.4, 0.5) is 0 Å². The Morgan fingerprint density at radius 2 is 2.14 bits per heavy atom. The van der Waals surface area contributed by atoms with Crippen LogP contribution in [0.1, 0.15) is 26.2 Å². The average Bonchev–Trinajstić information content (AvgIpc) is 2.74. The van der Waals surface area contributed by atoms with Crippen molar-refractivity contribution in [3.8, 4) is 0 Å². The molecule has 0 saturated carbocycles. The van der Waals surface area contributed by atoms with Crippen molar-refractivity contribution >= 4 is 17.7 Å². The smallest absolute Gasteiger partial charge is 0.331 e. The Balaban J connectivity index is 2.09. The van der Waals surface area contributed by atoms with Gasteiger partial charge in [0.15, 0.2) is 0 Å². The molecule has 1 aromatic rings. The fourth-order valence-electron chi connectivity index (χ4n) is 2.68. The zero-order valence-corrected chi connectivity index (χ0v) is 14.0. The Morgan fingerprint density at radius 1 is 1.36 bits per heavy atom. The summed E-state index contributed by atoms with van der Waals surface area (Å²) in [6.45, 7) is 3.63. The van der Waals surface area contributed by atoms with Crippen LogP contribution in [0.2, 0.25) is 0 Å². The summed E-state index contributed by atoms with van der Waals surface area (Å²) in [4.78, 5) is 37.7. The topological polar surface area (TPSA) is 64.3 Å². The third-order valence-corrected chi connectivity index (χ3v) is 5.14. The van der Waals surface area contributed by atoms with Crippen molar-refractivity contribution < 1.29 is 4.79 Å². The van der Waals surface area contributed by atoms with Crippen molar-refractivity contribution in [2.24, 2.45) is 7.05 Å². The van der Waals surface area contributed by atoms with E-state index in [1.807, 2.05) is 16.7 Å². The van der Waals surface area contributed by atoms with Crippen LogP contribution in [-0.4, -0.2) is 44.0 Å². The van der Waals surface area contributed by atoms with E-state index in [0.717, 1.165) is 42.7 Å². The molecule has 0 bridgehead atoms. The summed E-state index contributed by atoms with van der Waals surface area (Å²) in [5.41, 5.74) is -0.807. The molecule has 1 aliphatic rings. The number of rotatable bonds is 4. The van der Waals surface area contributed by atoms with Gasteiger partial charge in [0.05, 0.1) is 0 Å². The van der Waals surface area contributed by atoms with E-state index < -0.39 is 5.69 Å². The maximum atomic E-state index is 12.5. The molecule has 6 nitrogen and oxygen atoms in total. The third kappa shape index (κ3) is 4.03. The van der Waals surface area contributed by atoms with E-state index in [4.69, 9.17) is 0 Å². The summed E-state index contributed by atoms with van der Waals surface area (Å²) < 4.78 is 2.32. The first-order valence-electron chi connectivity index (χ1n) is 7.68. The van der Waals surface area contributed by atoms with Crippen LogP contribution in [0.15, 0.2) is 21.9 Å². The van der Waals surface area contributed by atoms with E-state index in [0.29, 0.717) is 5.25 Å². The zero-order valence-electron chi connectivity index (χ0n) is 13.2. The predicted molar refractivity (Wildman–Crippen MR) is 88.3 cm³/mol. The third-order valence-electron chi connectivity index (χ3n) is 3.95. The molecular weight excluding hydrogens is 302 g/mol. The number of amides is 1. The number of nitrogens with zero attached hydrogens (tertiary/aromatic N) is 3. The Labute approximate surface area is 134 Å². The SMILES string of the molecule is CCSC1CCCCN(C(=O)Cn2ccc(=O)n(C)c2=O)C1. The van der Waals surface area contributed by atoms with Crippen molar-refractivity contribution in [2.75, 3.05) is 18.8 Å². The minimum Gasteiger partial charge on any atom is -0.340 e. The second-order valence-corrected chi connectivity index (χ2v) is 7.11. The Kier molecular flexibility index (Phi) is 5.88. The number of hydrogen-bond acceptors (Lipinski definition) is 4. The quantitative estimate of drug-likeness (QED) is 0.817. The standard InChI is InChI=1S/C15H23N3O3S/c1-3-22-12-6-4-5-8-17(10-12)14(20)11-18-9-7-13(19)16(2)15(18)21/h7,9,12H,3-6,8,10-11H2,1-2H3. The van der Waals surface area contributed by atoms with Gasteiger partial charge in [-0.25, -0.2) is 4.79 Å². The Hall–Kier alpha value is -1.50. The highest BCUT2D eigenvalue weighted by atomic mass is 32.2. The van der Waals surface area contributed by atoms with Crippen LogP contribution in [0.3, 0.4) is 0 Å². The van der Waals surface area contributed by atoms with Gasteiger partial charge >= 0.3 is 5.69 Å². The fourth-order valence-corrected chi connectivity index (χ4v) is 3.77. The summed E-state index contributed by atoms with van der Waals surface area (Å²) >= 11 is 1.89. The van der Waals surface area contributed by atoms with Gasteiger partial charge in [0.25, 0.3) is 5.56 Å². The maximum Gasteiger partial charge on any atom is 0.331 e. The lowest BCUT2D eigenvalue weighted by molar-refractivity contribution is -0.131. The first kappa shape index (κ1) is 16.9. The molecule has 7 heteroatoms.